The minimum absolute atomic E-state index is 0.297. The molecule has 0 fully saturated rings. The summed E-state index contributed by atoms with van der Waals surface area (Å²) in [6.07, 6.45) is 10.0. The number of nitrogens with one attached hydrogen (secondary N) is 2. The molecule has 2 rings (SSSR count). The van der Waals surface area contributed by atoms with Crippen LogP contribution in [0.1, 0.15) is 11.1 Å². The molecular weight excluding hydrogens is 272 g/mol. The van der Waals surface area contributed by atoms with Gasteiger partial charge in [0.15, 0.2) is 0 Å². The molecule has 2 aromatic heterocycles. The Balaban J connectivity index is 1.76. The zero-order valence-corrected chi connectivity index (χ0v) is 11.3. The zero-order valence-electron chi connectivity index (χ0n) is 10.5. The normalized spacial score (nSPS) is 10.8. The van der Waals surface area contributed by atoms with Crippen LogP contribution < -0.4 is 10.9 Å². The number of rotatable bonds is 4. The van der Waals surface area contributed by atoms with Crippen molar-refractivity contribution >= 4 is 29.8 Å². The first-order chi connectivity index (χ1) is 9.84. The van der Waals surface area contributed by atoms with Crippen molar-refractivity contribution in [2.75, 3.05) is 0 Å². The number of hydrogen-bond acceptors (Lipinski definition) is 5. The van der Waals surface area contributed by atoms with Crippen molar-refractivity contribution in [3.8, 4) is 0 Å². The first-order valence-corrected chi connectivity index (χ1v) is 6.17. The lowest BCUT2D eigenvalue weighted by Crippen LogP contribution is -2.28. The van der Waals surface area contributed by atoms with Gasteiger partial charge in [-0.1, -0.05) is 12.1 Å². The third-order valence-corrected chi connectivity index (χ3v) is 2.31. The number of hydrazone groups is 2. The fourth-order valence-corrected chi connectivity index (χ4v) is 1.37. The molecule has 0 saturated heterocycles. The van der Waals surface area contributed by atoms with E-state index in [1.54, 1.807) is 37.2 Å². The molecular formula is C13H12N6S. The molecule has 0 unspecified atom stereocenters. The highest BCUT2D eigenvalue weighted by molar-refractivity contribution is 7.80. The summed E-state index contributed by atoms with van der Waals surface area (Å²) in [5.41, 5.74) is 7.05. The van der Waals surface area contributed by atoms with Crippen molar-refractivity contribution in [1.29, 1.82) is 0 Å². The van der Waals surface area contributed by atoms with Crippen LogP contribution in [0.2, 0.25) is 0 Å². The highest BCUT2D eigenvalue weighted by Gasteiger charge is 1.90. The summed E-state index contributed by atoms with van der Waals surface area (Å²) in [5.74, 6) is 0. The first-order valence-electron chi connectivity index (χ1n) is 5.77. The van der Waals surface area contributed by atoms with Crippen molar-refractivity contribution in [3.05, 3.63) is 60.2 Å². The Kier molecular flexibility index (Phi) is 5.29. The fourth-order valence-electron chi connectivity index (χ4n) is 1.26. The van der Waals surface area contributed by atoms with Crippen LogP contribution in [0.5, 0.6) is 0 Å². The van der Waals surface area contributed by atoms with E-state index in [1.807, 2.05) is 24.3 Å². The van der Waals surface area contributed by atoms with Gasteiger partial charge in [0.1, 0.15) is 0 Å². The van der Waals surface area contributed by atoms with Gasteiger partial charge in [0.2, 0.25) is 5.11 Å². The van der Waals surface area contributed by atoms with E-state index in [2.05, 4.69) is 31.0 Å². The van der Waals surface area contributed by atoms with Crippen molar-refractivity contribution < 1.29 is 0 Å². The quantitative estimate of drug-likeness (QED) is 0.503. The molecule has 20 heavy (non-hydrogen) atoms. The molecule has 0 aliphatic rings. The van der Waals surface area contributed by atoms with E-state index in [1.165, 1.54) is 0 Å². The summed E-state index contributed by atoms with van der Waals surface area (Å²) in [6, 6.07) is 7.43. The van der Waals surface area contributed by atoms with Gasteiger partial charge in [-0.15, -0.1) is 0 Å². The summed E-state index contributed by atoms with van der Waals surface area (Å²) >= 11 is 5.00. The van der Waals surface area contributed by atoms with Crippen LogP contribution in [0.4, 0.5) is 0 Å². The van der Waals surface area contributed by atoms with Gasteiger partial charge in [-0.05, 0) is 24.4 Å². The molecule has 0 atom stereocenters. The molecule has 6 nitrogen and oxygen atoms in total. The average molecular weight is 284 g/mol. The molecule has 0 saturated carbocycles. The van der Waals surface area contributed by atoms with E-state index in [0.29, 0.717) is 5.11 Å². The molecule has 0 radical (unpaired) electrons. The third kappa shape index (κ3) is 4.91. The highest BCUT2D eigenvalue weighted by atomic mass is 32.1. The Morgan fingerprint density at radius 2 is 1.45 bits per heavy atom. The lowest BCUT2D eigenvalue weighted by Gasteiger charge is -2.00. The summed E-state index contributed by atoms with van der Waals surface area (Å²) in [6.45, 7) is 0. The molecule has 2 aromatic rings. The standard InChI is InChI=1S/C13H12N6S/c20-13(18-16-9-11-3-1-5-14-7-11)19-17-10-12-4-2-6-15-8-12/h1-10H,(H2,18,19,20)/b16-9+,17-10?. The zero-order chi connectivity index (χ0) is 14.0. The lowest BCUT2D eigenvalue weighted by atomic mass is 10.3. The van der Waals surface area contributed by atoms with Crippen LogP contribution in [0.3, 0.4) is 0 Å². The molecule has 0 spiro atoms. The van der Waals surface area contributed by atoms with E-state index < -0.39 is 0 Å². The minimum atomic E-state index is 0.297. The molecule has 2 N–H and O–H groups in total. The van der Waals surface area contributed by atoms with Crippen LogP contribution in [0.15, 0.2) is 59.3 Å². The minimum Gasteiger partial charge on any atom is -0.264 e. The third-order valence-electron chi connectivity index (χ3n) is 2.13. The van der Waals surface area contributed by atoms with Crippen LogP contribution in [0.25, 0.3) is 0 Å². The Labute approximate surface area is 121 Å². The summed E-state index contributed by atoms with van der Waals surface area (Å²) in [4.78, 5) is 7.94. The first kappa shape index (κ1) is 13.8. The second-order valence-corrected chi connectivity index (χ2v) is 4.05. The highest BCUT2D eigenvalue weighted by Crippen LogP contribution is 1.90. The largest absolute Gasteiger partial charge is 0.264 e. The topological polar surface area (TPSA) is 74.6 Å². The van der Waals surface area contributed by atoms with Crippen LogP contribution in [0, 0.1) is 0 Å². The molecule has 2 heterocycles. The number of pyridine rings is 2. The Hall–Kier alpha value is -2.67. The van der Waals surface area contributed by atoms with Gasteiger partial charge in [0.05, 0.1) is 12.4 Å². The second-order valence-electron chi connectivity index (χ2n) is 3.64. The number of aromatic nitrogens is 2. The van der Waals surface area contributed by atoms with Gasteiger partial charge in [0.25, 0.3) is 0 Å². The average Bonchev–Trinajstić information content (AvgIpc) is 2.49. The van der Waals surface area contributed by atoms with Gasteiger partial charge in [-0.25, -0.2) is 0 Å². The van der Waals surface area contributed by atoms with Crippen LogP contribution in [-0.2, 0) is 0 Å². The summed E-state index contributed by atoms with van der Waals surface area (Å²) < 4.78 is 0. The van der Waals surface area contributed by atoms with Gasteiger partial charge >= 0.3 is 0 Å². The fraction of sp³-hybridized carbons (Fsp3) is 0. The predicted octanol–water partition coefficient (Wildman–Crippen LogP) is 1.31. The van der Waals surface area contributed by atoms with E-state index >= 15 is 0 Å². The summed E-state index contributed by atoms with van der Waals surface area (Å²) in [7, 11) is 0. The summed E-state index contributed by atoms with van der Waals surface area (Å²) in [5, 5.41) is 8.22. The molecule has 0 aliphatic heterocycles. The van der Waals surface area contributed by atoms with Crippen molar-refractivity contribution in [2.45, 2.75) is 0 Å². The number of hydrogen-bond donors (Lipinski definition) is 2. The number of thiocarbonyl (C=S) groups is 1. The SMILES string of the molecule is S=C(NN=Cc1cccnc1)N/N=C/c1cccnc1. The van der Waals surface area contributed by atoms with Crippen molar-refractivity contribution in [2.24, 2.45) is 10.2 Å². The van der Waals surface area contributed by atoms with E-state index in [9.17, 15) is 0 Å². The maximum Gasteiger partial charge on any atom is 0.207 e. The maximum atomic E-state index is 5.00. The van der Waals surface area contributed by atoms with Crippen LogP contribution >= 0.6 is 12.2 Å². The molecule has 0 amide bonds. The predicted molar refractivity (Wildman–Crippen MR) is 82.5 cm³/mol. The van der Waals surface area contributed by atoms with Gasteiger partial charge < -0.3 is 0 Å². The molecule has 0 aliphatic carbocycles. The molecule has 0 bridgehead atoms. The molecule has 100 valence electrons. The lowest BCUT2D eigenvalue weighted by molar-refractivity contribution is 0.934. The molecule has 0 aromatic carbocycles. The van der Waals surface area contributed by atoms with E-state index in [4.69, 9.17) is 12.2 Å². The van der Waals surface area contributed by atoms with E-state index in [-0.39, 0.29) is 0 Å². The molecule has 7 heteroatoms. The van der Waals surface area contributed by atoms with Crippen LogP contribution in [-0.4, -0.2) is 27.5 Å². The van der Waals surface area contributed by atoms with Gasteiger partial charge in [-0.2, -0.15) is 10.2 Å². The van der Waals surface area contributed by atoms with E-state index in [0.717, 1.165) is 11.1 Å². The van der Waals surface area contributed by atoms with Crippen molar-refractivity contribution in [1.82, 2.24) is 20.8 Å². The number of nitrogens with zero attached hydrogens (tertiary/aromatic N) is 4. The Morgan fingerprint density at radius 3 is 1.85 bits per heavy atom. The van der Waals surface area contributed by atoms with Gasteiger partial charge in [0, 0.05) is 35.9 Å². The maximum absolute atomic E-state index is 5.00. The second kappa shape index (κ2) is 7.70. The van der Waals surface area contributed by atoms with Gasteiger partial charge in [-0.3, -0.25) is 20.8 Å². The smallest absolute Gasteiger partial charge is 0.207 e. The monoisotopic (exact) mass is 284 g/mol. The van der Waals surface area contributed by atoms with Crippen molar-refractivity contribution in [3.63, 3.8) is 0 Å². The Bertz CT molecular complexity index is 543. The Morgan fingerprint density at radius 1 is 0.950 bits per heavy atom.